The van der Waals surface area contributed by atoms with Gasteiger partial charge in [-0.25, -0.2) is 13.4 Å². The van der Waals surface area contributed by atoms with E-state index in [-0.39, 0.29) is 23.8 Å². The maximum Gasteiger partial charge on any atom is 0.248 e. The summed E-state index contributed by atoms with van der Waals surface area (Å²) >= 11 is 0. The molecule has 1 aliphatic heterocycles. The van der Waals surface area contributed by atoms with Crippen LogP contribution >= 0.6 is 0 Å². The first-order chi connectivity index (χ1) is 17.6. The number of benzene rings is 1. The van der Waals surface area contributed by atoms with Crippen LogP contribution in [0.4, 0.5) is 5.69 Å². The van der Waals surface area contributed by atoms with Crippen molar-refractivity contribution in [3.8, 4) is 28.5 Å². The third kappa shape index (κ3) is 5.43. The van der Waals surface area contributed by atoms with E-state index in [9.17, 15) is 8.42 Å². The predicted octanol–water partition coefficient (Wildman–Crippen LogP) is 2.67. The Bertz CT molecular complexity index is 1540. The third-order valence-corrected chi connectivity index (χ3v) is 6.68. The Morgan fingerprint density at radius 3 is 2.57 bits per heavy atom. The predicted molar refractivity (Wildman–Crippen MR) is 138 cm³/mol. The molecule has 1 saturated heterocycles. The highest BCUT2D eigenvalue weighted by atomic mass is 32.2. The Kier molecular flexibility index (Phi) is 6.60. The number of anilines is 1. The summed E-state index contributed by atoms with van der Waals surface area (Å²) in [7, 11) is -0.261. The molecule has 196 valence electrons. The van der Waals surface area contributed by atoms with Gasteiger partial charge in [-0.15, -0.1) is 10.2 Å². The number of morpholine rings is 1. The van der Waals surface area contributed by atoms with E-state index in [1.54, 1.807) is 23.1 Å². The number of nitrogens with zero attached hydrogens (tertiary/aromatic N) is 6. The fraction of sp³-hybridized carbons (Fsp3) is 0.417. The van der Waals surface area contributed by atoms with Crippen LogP contribution in [0, 0.1) is 0 Å². The highest BCUT2D eigenvalue weighted by Gasteiger charge is 2.24. The first-order valence-corrected chi connectivity index (χ1v) is 13.7. The van der Waals surface area contributed by atoms with Crippen LogP contribution in [0.3, 0.4) is 0 Å². The molecular formula is C24H29N7O5S. The number of methoxy groups -OCH3 is 1. The van der Waals surface area contributed by atoms with Gasteiger partial charge in [0, 0.05) is 37.3 Å². The summed E-state index contributed by atoms with van der Waals surface area (Å²) in [5.74, 6) is 1.06. The molecule has 0 spiro atoms. The van der Waals surface area contributed by atoms with Gasteiger partial charge in [0.15, 0.2) is 0 Å². The minimum absolute atomic E-state index is 0.137. The molecule has 1 aromatic carbocycles. The van der Waals surface area contributed by atoms with Crippen LogP contribution < -0.4 is 9.46 Å². The molecule has 4 heterocycles. The molecule has 37 heavy (non-hydrogen) atoms. The Labute approximate surface area is 214 Å². The molecule has 1 fully saturated rings. The van der Waals surface area contributed by atoms with Gasteiger partial charge < -0.3 is 13.9 Å². The zero-order valence-electron chi connectivity index (χ0n) is 21.3. The Balaban J connectivity index is 1.53. The van der Waals surface area contributed by atoms with Gasteiger partial charge in [-0.1, -0.05) is 0 Å². The lowest BCUT2D eigenvalue weighted by atomic mass is 10.0. The van der Waals surface area contributed by atoms with Crippen molar-refractivity contribution < 1.29 is 22.3 Å². The fourth-order valence-electron chi connectivity index (χ4n) is 4.67. The number of hydrogen-bond donors (Lipinski definition) is 1. The van der Waals surface area contributed by atoms with E-state index >= 15 is 0 Å². The van der Waals surface area contributed by atoms with E-state index < -0.39 is 10.0 Å². The molecule has 13 heteroatoms. The van der Waals surface area contributed by atoms with Gasteiger partial charge in [0.25, 0.3) is 0 Å². The van der Waals surface area contributed by atoms with Crippen molar-refractivity contribution in [2.45, 2.75) is 32.6 Å². The molecule has 0 unspecified atom stereocenters. The molecule has 3 aromatic heterocycles. The van der Waals surface area contributed by atoms with Crippen LogP contribution in [-0.4, -0.2) is 76.9 Å². The number of pyridine rings is 1. The van der Waals surface area contributed by atoms with Gasteiger partial charge >= 0.3 is 0 Å². The zero-order valence-corrected chi connectivity index (χ0v) is 22.1. The average molecular weight is 528 g/mol. The number of ether oxygens (including phenoxy) is 2. The lowest BCUT2D eigenvalue weighted by Crippen LogP contribution is -2.44. The number of sulfonamides is 1. The van der Waals surface area contributed by atoms with Gasteiger partial charge in [0.05, 0.1) is 49.4 Å². The summed E-state index contributed by atoms with van der Waals surface area (Å²) in [6.07, 6.45) is 4.72. The van der Waals surface area contributed by atoms with E-state index in [0.717, 1.165) is 41.4 Å². The van der Waals surface area contributed by atoms with Gasteiger partial charge in [-0.2, -0.15) is 5.10 Å². The van der Waals surface area contributed by atoms with E-state index in [1.165, 1.54) is 7.11 Å². The highest BCUT2D eigenvalue weighted by molar-refractivity contribution is 7.92. The standard InChI is InChI=1S/C24H29N7O5S/c1-14-11-31(12-15(2)35-14)13-22-27-28-23(36-22)18-6-16(8-21-19(18)10-26-30(21)3)17-7-20(29-37(5,32)33)24(34-4)25-9-17/h6-10,14-15,29H,11-13H2,1-5H3/t14-,15+. The van der Waals surface area contributed by atoms with Gasteiger partial charge in [-0.3, -0.25) is 14.3 Å². The summed E-state index contributed by atoms with van der Waals surface area (Å²) in [5.41, 5.74) is 3.25. The Hall–Kier alpha value is -3.55. The lowest BCUT2D eigenvalue weighted by molar-refractivity contribution is -0.0721. The molecule has 2 atom stereocenters. The highest BCUT2D eigenvalue weighted by Crippen LogP contribution is 2.35. The summed E-state index contributed by atoms with van der Waals surface area (Å²) in [6.45, 7) is 6.22. The van der Waals surface area contributed by atoms with Crippen LogP contribution in [0.2, 0.25) is 0 Å². The Morgan fingerprint density at radius 2 is 1.86 bits per heavy atom. The maximum absolute atomic E-state index is 11.9. The summed E-state index contributed by atoms with van der Waals surface area (Å²) in [6, 6.07) is 5.54. The second kappa shape index (κ2) is 9.72. The van der Waals surface area contributed by atoms with Gasteiger partial charge in [0.1, 0.15) is 5.69 Å². The quantitative estimate of drug-likeness (QED) is 0.382. The maximum atomic E-state index is 11.9. The third-order valence-electron chi connectivity index (χ3n) is 6.09. The minimum Gasteiger partial charge on any atom is -0.480 e. The first kappa shape index (κ1) is 25.1. The summed E-state index contributed by atoms with van der Waals surface area (Å²) in [4.78, 5) is 6.53. The van der Waals surface area contributed by atoms with Crippen molar-refractivity contribution in [1.29, 1.82) is 0 Å². The van der Waals surface area contributed by atoms with Crippen LogP contribution in [0.25, 0.3) is 33.5 Å². The molecule has 0 radical (unpaired) electrons. The molecular weight excluding hydrogens is 498 g/mol. The number of nitrogens with one attached hydrogen (secondary N) is 1. The molecule has 5 rings (SSSR count). The molecule has 4 aromatic rings. The lowest BCUT2D eigenvalue weighted by Gasteiger charge is -2.34. The van der Waals surface area contributed by atoms with Crippen LogP contribution in [0.5, 0.6) is 5.88 Å². The van der Waals surface area contributed by atoms with Gasteiger partial charge in [0.2, 0.25) is 27.7 Å². The van der Waals surface area contributed by atoms with Crippen molar-refractivity contribution in [1.82, 2.24) is 29.9 Å². The van der Waals surface area contributed by atoms with Crippen molar-refractivity contribution in [2.75, 3.05) is 31.2 Å². The molecule has 1 N–H and O–H groups in total. The van der Waals surface area contributed by atoms with Crippen molar-refractivity contribution >= 4 is 26.6 Å². The number of rotatable bonds is 7. The first-order valence-electron chi connectivity index (χ1n) is 11.8. The smallest absolute Gasteiger partial charge is 0.248 e. The SMILES string of the molecule is COc1ncc(-c2cc(-c3nnc(CN4C[C@@H](C)O[C@@H](C)C4)o3)c3cnn(C)c3c2)cc1NS(C)(=O)=O. The van der Waals surface area contributed by atoms with Crippen LogP contribution in [0.1, 0.15) is 19.7 Å². The van der Waals surface area contributed by atoms with E-state index in [2.05, 4.69) is 43.7 Å². The second-order valence-corrected chi connectivity index (χ2v) is 11.1. The van der Waals surface area contributed by atoms with Crippen molar-refractivity contribution in [2.24, 2.45) is 7.05 Å². The molecule has 0 amide bonds. The second-order valence-electron chi connectivity index (χ2n) is 9.33. The molecule has 12 nitrogen and oxygen atoms in total. The minimum atomic E-state index is -3.54. The van der Waals surface area contributed by atoms with Gasteiger partial charge in [-0.05, 0) is 37.6 Å². The van der Waals surface area contributed by atoms with E-state index in [0.29, 0.717) is 23.9 Å². The summed E-state index contributed by atoms with van der Waals surface area (Å²) < 4.78 is 45.1. The average Bonchev–Trinajstić information content (AvgIpc) is 3.43. The number of fused-ring (bicyclic) bond motifs is 1. The molecule has 0 saturated carbocycles. The molecule has 0 bridgehead atoms. The van der Waals surface area contributed by atoms with E-state index in [1.807, 2.05) is 19.2 Å². The number of aryl methyl sites for hydroxylation is 1. The van der Waals surface area contributed by atoms with Crippen LogP contribution in [0.15, 0.2) is 35.0 Å². The fourth-order valence-corrected chi connectivity index (χ4v) is 5.21. The topological polar surface area (TPSA) is 138 Å². The largest absolute Gasteiger partial charge is 0.480 e. The summed E-state index contributed by atoms with van der Waals surface area (Å²) in [5, 5.41) is 13.9. The number of hydrogen-bond acceptors (Lipinski definition) is 10. The molecule has 0 aliphatic carbocycles. The Morgan fingerprint density at radius 1 is 1.11 bits per heavy atom. The van der Waals surface area contributed by atoms with E-state index in [4.69, 9.17) is 13.9 Å². The number of aromatic nitrogens is 5. The van der Waals surface area contributed by atoms with Crippen molar-refractivity contribution in [3.63, 3.8) is 0 Å². The normalized spacial score (nSPS) is 18.8. The molecule has 1 aliphatic rings. The zero-order chi connectivity index (χ0) is 26.3. The monoisotopic (exact) mass is 527 g/mol. The van der Waals surface area contributed by atoms with Crippen LogP contribution in [-0.2, 0) is 28.4 Å². The van der Waals surface area contributed by atoms with Crippen molar-refractivity contribution in [3.05, 3.63) is 36.5 Å².